The molecule has 6 heteroatoms. The highest BCUT2D eigenvalue weighted by molar-refractivity contribution is 5.96. The number of furan rings is 1. The van der Waals surface area contributed by atoms with Gasteiger partial charge in [-0.05, 0) is 63.1 Å². The third-order valence-corrected chi connectivity index (χ3v) is 6.77. The van der Waals surface area contributed by atoms with Crippen molar-refractivity contribution < 1.29 is 13.9 Å². The summed E-state index contributed by atoms with van der Waals surface area (Å²) in [6.07, 6.45) is 5.69. The summed E-state index contributed by atoms with van der Waals surface area (Å²) in [5.74, 6) is 1.65. The number of likely N-dealkylation sites (tertiary alicyclic amines) is 1. The van der Waals surface area contributed by atoms with Crippen molar-refractivity contribution in [1.82, 2.24) is 9.80 Å². The van der Waals surface area contributed by atoms with E-state index in [0.29, 0.717) is 24.7 Å². The van der Waals surface area contributed by atoms with Crippen molar-refractivity contribution in [2.45, 2.75) is 39.3 Å². The highest BCUT2D eigenvalue weighted by atomic mass is 16.5. The molecule has 3 heterocycles. The molecule has 0 bridgehead atoms. The Morgan fingerprint density at radius 2 is 1.76 bits per heavy atom. The van der Waals surface area contributed by atoms with E-state index in [1.165, 1.54) is 5.56 Å². The van der Waals surface area contributed by atoms with Gasteiger partial charge >= 0.3 is 0 Å². The van der Waals surface area contributed by atoms with Gasteiger partial charge in [0.2, 0.25) is 0 Å². The first-order valence-electron chi connectivity index (χ1n) is 11.9. The predicted octanol–water partition coefficient (Wildman–Crippen LogP) is 5.67. The third-order valence-electron chi connectivity index (χ3n) is 6.77. The molecule has 0 N–H and O–H groups in total. The monoisotopic (exact) mass is 445 g/mol. The molecule has 5 rings (SSSR count). The van der Waals surface area contributed by atoms with E-state index in [4.69, 9.17) is 9.15 Å². The van der Waals surface area contributed by atoms with Crippen molar-refractivity contribution in [1.29, 1.82) is 0 Å². The number of amides is 1. The number of para-hydroxylation sites is 2. The average Bonchev–Trinajstić information content (AvgIpc) is 3.36. The highest BCUT2D eigenvalue weighted by Gasteiger charge is 2.33. The molecule has 1 saturated heterocycles. The molecule has 2 aromatic carbocycles. The largest absolute Gasteiger partial charge is 0.472 e. The second-order valence-electron chi connectivity index (χ2n) is 8.74. The first-order valence-corrected chi connectivity index (χ1v) is 11.9. The van der Waals surface area contributed by atoms with Crippen molar-refractivity contribution in [3.63, 3.8) is 0 Å². The summed E-state index contributed by atoms with van der Waals surface area (Å²) in [6, 6.07) is 16.5. The van der Waals surface area contributed by atoms with Crippen LogP contribution in [0, 0.1) is 0 Å². The number of hydrogen-bond donors (Lipinski definition) is 0. The number of nitrogens with zero attached hydrogens (tertiary/aromatic N) is 3. The molecule has 1 amide bonds. The van der Waals surface area contributed by atoms with Gasteiger partial charge in [0.25, 0.3) is 5.91 Å². The Balaban J connectivity index is 1.41. The fraction of sp³-hybridized carbons (Fsp3) is 0.370. The normalized spacial score (nSPS) is 16.1. The number of hydrogen-bond acceptors (Lipinski definition) is 5. The number of fused-ring (bicyclic) bond motifs is 2. The van der Waals surface area contributed by atoms with Gasteiger partial charge in [-0.2, -0.15) is 0 Å². The predicted molar refractivity (Wildman–Crippen MR) is 129 cm³/mol. The van der Waals surface area contributed by atoms with Crippen LogP contribution in [0.15, 0.2) is 65.5 Å². The van der Waals surface area contributed by atoms with Crippen molar-refractivity contribution >= 4 is 17.3 Å². The van der Waals surface area contributed by atoms with Crippen LogP contribution >= 0.6 is 0 Å². The molecule has 0 atom stereocenters. The lowest BCUT2D eigenvalue weighted by molar-refractivity contribution is 0.0772. The van der Waals surface area contributed by atoms with Crippen LogP contribution in [0.1, 0.15) is 42.6 Å². The molecule has 6 nitrogen and oxygen atoms in total. The molecule has 0 radical (unpaired) electrons. The number of rotatable bonds is 6. The molecule has 2 aliphatic rings. The van der Waals surface area contributed by atoms with E-state index in [0.717, 1.165) is 55.3 Å². The van der Waals surface area contributed by atoms with E-state index in [1.807, 2.05) is 55.3 Å². The number of anilines is 2. The zero-order valence-corrected chi connectivity index (χ0v) is 19.4. The van der Waals surface area contributed by atoms with Crippen LogP contribution in [0.4, 0.5) is 11.4 Å². The minimum atomic E-state index is 0.0457. The van der Waals surface area contributed by atoms with Gasteiger partial charge in [0, 0.05) is 49.9 Å². The fourth-order valence-electron chi connectivity index (χ4n) is 4.98. The lowest BCUT2D eigenvalue weighted by atomic mass is 9.99. The maximum absolute atomic E-state index is 12.9. The minimum absolute atomic E-state index is 0.0457. The number of carbonyl (C=O) groups is 1. The maximum Gasteiger partial charge on any atom is 0.253 e. The molecular weight excluding hydrogens is 414 g/mol. The van der Waals surface area contributed by atoms with Crippen molar-refractivity contribution in [2.75, 3.05) is 31.1 Å². The Bertz CT molecular complexity index is 1100. The molecule has 1 aromatic heterocycles. The summed E-state index contributed by atoms with van der Waals surface area (Å²) in [5, 5.41) is 0. The second-order valence-corrected chi connectivity index (χ2v) is 8.74. The Kier molecular flexibility index (Phi) is 6.09. The minimum Gasteiger partial charge on any atom is -0.472 e. The summed E-state index contributed by atoms with van der Waals surface area (Å²) in [7, 11) is 0. The fourth-order valence-corrected chi connectivity index (χ4v) is 4.98. The molecule has 1 fully saturated rings. The first-order chi connectivity index (χ1) is 16.2. The van der Waals surface area contributed by atoms with E-state index in [9.17, 15) is 4.79 Å². The molecule has 0 aliphatic carbocycles. The molecule has 2 aliphatic heterocycles. The van der Waals surface area contributed by atoms with E-state index in [2.05, 4.69) is 28.0 Å². The molecular formula is C27H31N3O3. The van der Waals surface area contributed by atoms with Gasteiger partial charge in [-0.15, -0.1) is 0 Å². The first kappa shape index (κ1) is 21.6. The lowest BCUT2D eigenvalue weighted by Gasteiger charge is -2.42. The van der Waals surface area contributed by atoms with Crippen molar-refractivity contribution in [2.24, 2.45) is 0 Å². The average molecular weight is 446 g/mol. The Morgan fingerprint density at radius 3 is 2.48 bits per heavy atom. The molecule has 0 spiro atoms. The van der Waals surface area contributed by atoms with E-state index in [1.54, 1.807) is 6.26 Å². The van der Waals surface area contributed by atoms with Gasteiger partial charge in [-0.1, -0.05) is 12.1 Å². The zero-order valence-electron chi connectivity index (χ0n) is 19.4. The molecule has 3 aromatic rings. The number of carbonyl (C=O) groups excluding carboxylic acids is 1. The van der Waals surface area contributed by atoms with Gasteiger partial charge < -0.3 is 19.0 Å². The standard InChI is InChI=1S/C27H31N3O3/c1-3-29(4-2)27(31)21-9-10-24-26(17-21)33-25-8-6-5-7-23(25)30(24)22-11-14-28(15-12-22)18-20-13-16-32-19-20/h5-10,13,16-17,19,22H,3-4,11-12,14-15,18H2,1-2H3. The molecule has 0 unspecified atom stereocenters. The zero-order chi connectivity index (χ0) is 22.8. The quantitative estimate of drug-likeness (QED) is 0.489. The number of ether oxygens (including phenoxy) is 1. The van der Waals surface area contributed by atoms with Gasteiger partial charge in [-0.25, -0.2) is 0 Å². The van der Waals surface area contributed by atoms with Gasteiger partial charge in [0.15, 0.2) is 11.5 Å². The maximum atomic E-state index is 12.9. The van der Waals surface area contributed by atoms with Crippen LogP contribution in [-0.2, 0) is 6.54 Å². The Hall–Kier alpha value is -3.25. The van der Waals surface area contributed by atoms with Crippen LogP contribution < -0.4 is 9.64 Å². The van der Waals surface area contributed by atoms with Crippen LogP contribution in [0.5, 0.6) is 11.5 Å². The topological polar surface area (TPSA) is 49.2 Å². The summed E-state index contributed by atoms with van der Waals surface area (Å²) >= 11 is 0. The van der Waals surface area contributed by atoms with E-state index in [-0.39, 0.29) is 5.91 Å². The SMILES string of the molecule is CCN(CC)C(=O)c1ccc2c(c1)Oc1ccccc1N2C1CCN(Cc2ccoc2)CC1. The number of benzene rings is 2. The number of piperidine rings is 1. The highest BCUT2D eigenvalue weighted by Crippen LogP contribution is 2.49. The summed E-state index contributed by atoms with van der Waals surface area (Å²) in [4.78, 5) is 19.7. The van der Waals surface area contributed by atoms with Gasteiger partial charge in [-0.3, -0.25) is 9.69 Å². The Morgan fingerprint density at radius 1 is 1.00 bits per heavy atom. The smallest absolute Gasteiger partial charge is 0.253 e. The molecule has 172 valence electrons. The van der Waals surface area contributed by atoms with E-state index >= 15 is 0 Å². The molecule has 0 saturated carbocycles. The van der Waals surface area contributed by atoms with E-state index < -0.39 is 0 Å². The lowest BCUT2D eigenvalue weighted by Crippen LogP contribution is -2.43. The van der Waals surface area contributed by atoms with Crippen molar-refractivity contribution in [3.8, 4) is 11.5 Å². The van der Waals surface area contributed by atoms with Crippen LogP contribution in [0.2, 0.25) is 0 Å². The second kappa shape index (κ2) is 9.32. The summed E-state index contributed by atoms with van der Waals surface area (Å²) in [6.45, 7) is 8.39. The third kappa shape index (κ3) is 4.23. The summed E-state index contributed by atoms with van der Waals surface area (Å²) in [5.41, 5.74) is 4.03. The van der Waals surface area contributed by atoms with Crippen LogP contribution in [0.3, 0.4) is 0 Å². The van der Waals surface area contributed by atoms with Crippen LogP contribution in [-0.4, -0.2) is 47.9 Å². The van der Waals surface area contributed by atoms with Crippen LogP contribution in [0.25, 0.3) is 0 Å². The van der Waals surface area contributed by atoms with Gasteiger partial charge in [0.1, 0.15) is 0 Å². The molecule has 33 heavy (non-hydrogen) atoms. The van der Waals surface area contributed by atoms with Gasteiger partial charge in [0.05, 0.1) is 23.9 Å². The summed E-state index contributed by atoms with van der Waals surface area (Å²) < 4.78 is 11.5. The van der Waals surface area contributed by atoms with Crippen molar-refractivity contribution in [3.05, 3.63) is 72.2 Å². The Labute approximate surface area is 195 Å².